The van der Waals surface area contributed by atoms with Crippen molar-refractivity contribution in [2.24, 2.45) is 0 Å². The molecule has 0 aliphatic carbocycles. The van der Waals surface area contributed by atoms with E-state index in [0.29, 0.717) is 36.8 Å². The van der Waals surface area contributed by atoms with E-state index >= 15 is 0 Å². The lowest BCUT2D eigenvalue weighted by molar-refractivity contribution is 0.0920. The fourth-order valence-electron chi connectivity index (χ4n) is 4.49. The Hall–Kier alpha value is -3.87. The zero-order chi connectivity index (χ0) is 27.8. The number of nitrogens with zero attached hydrogens (tertiary/aromatic N) is 2. The summed E-state index contributed by atoms with van der Waals surface area (Å²) in [4.78, 5) is 17.3. The van der Waals surface area contributed by atoms with E-state index in [1.54, 1.807) is 6.20 Å². The van der Waals surface area contributed by atoms with Gasteiger partial charge in [0.15, 0.2) is 0 Å². The van der Waals surface area contributed by atoms with E-state index in [4.69, 9.17) is 14.0 Å². The first-order valence-corrected chi connectivity index (χ1v) is 14.0. The van der Waals surface area contributed by atoms with Crippen LogP contribution in [-0.2, 0) is 0 Å². The summed E-state index contributed by atoms with van der Waals surface area (Å²) in [7, 11) is 0. The van der Waals surface area contributed by atoms with Gasteiger partial charge in [-0.05, 0) is 60.4 Å². The van der Waals surface area contributed by atoms with Crippen molar-refractivity contribution >= 4 is 16.7 Å². The Kier molecular flexibility index (Phi) is 9.58. The van der Waals surface area contributed by atoms with Crippen LogP contribution in [0.1, 0.15) is 82.3 Å². The van der Waals surface area contributed by atoms with Gasteiger partial charge in [0.2, 0.25) is 5.76 Å². The van der Waals surface area contributed by atoms with Crippen molar-refractivity contribution in [2.45, 2.75) is 66.2 Å². The molecule has 4 rings (SSSR count). The van der Waals surface area contributed by atoms with Crippen LogP contribution in [-0.4, -0.2) is 35.8 Å². The molecule has 7 nitrogen and oxygen atoms in total. The SMILES string of the molecule is CCCCOc1cc(OCCCC)c(C(C)C)cc1-c1noc(C(=O)NCC)c1-c1ccc2cnccc2c1. The largest absolute Gasteiger partial charge is 0.493 e. The van der Waals surface area contributed by atoms with Crippen molar-refractivity contribution < 1.29 is 18.8 Å². The third-order valence-electron chi connectivity index (χ3n) is 6.66. The summed E-state index contributed by atoms with van der Waals surface area (Å²) < 4.78 is 18.3. The van der Waals surface area contributed by atoms with Gasteiger partial charge in [0.05, 0.1) is 18.8 Å². The molecule has 0 fully saturated rings. The average molecular weight is 530 g/mol. The maximum absolute atomic E-state index is 13.1. The monoisotopic (exact) mass is 529 g/mol. The quantitative estimate of drug-likeness (QED) is 0.178. The van der Waals surface area contributed by atoms with Crippen molar-refractivity contribution in [3.8, 4) is 33.9 Å². The summed E-state index contributed by atoms with van der Waals surface area (Å²) in [6.07, 6.45) is 7.56. The number of fused-ring (bicyclic) bond motifs is 1. The average Bonchev–Trinajstić information content (AvgIpc) is 3.38. The fraction of sp³-hybridized carbons (Fsp3) is 0.406. The van der Waals surface area contributed by atoms with Crippen molar-refractivity contribution in [2.75, 3.05) is 19.8 Å². The van der Waals surface area contributed by atoms with E-state index in [9.17, 15) is 4.79 Å². The van der Waals surface area contributed by atoms with Crippen molar-refractivity contribution in [1.29, 1.82) is 0 Å². The highest BCUT2D eigenvalue weighted by Gasteiger charge is 2.28. The van der Waals surface area contributed by atoms with Gasteiger partial charge in [-0.1, -0.05) is 57.8 Å². The molecule has 1 amide bonds. The second-order valence-corrected chi connectivity index (χ2v) is 9.98. The Labute approximate surface area is 230 Å². The lowest BCUT2D eigenvalue weighted by Crippen LogP contribution is -2.22. The molecule has 0 unspecified atom stereocenters. The Balaban J connectivity index is 1.93. The van der Waals surface area contributed by atoms with Gasteiger partial charge in [-0.15, -0.1) is 0 Å². The maximum atomic E-state index is 13.1. The fourth-order valence-corrected chi connectivity index (χ4v) is 4.49. The number of hydrogen-bond donors (Lipinski definition) is 1. The second-order valence-electron chi connectivity index (χ2n) is 9.98. The molecule has 0 saturated carbocycles. The molecule has 206 valence electrons. The number of rotatable bonds is 13. The number of amides is 1. The molecule has 1 N–H and O–H groups in total. The molecule has 7 heteroatoms. The van der Waals surface area contributed by atoms with E-state index in [-0.39, 0.29) is 17.6 Å². The minimum Gasteiger partial charge on any atom is -0.493 e. The van der Waals surface area contributed by atoms with Gasteiger partial charge in [-0.25, -0.2) is 0 Å². The molecule has 0 atom stereocenters. The van der Waals surface area contributed by atoms with E-state index in [1.807, 2.05) is 43.5 Å². The van der Waals surface area contributed by atoms with E-state index < -0.39 is 0 Å². The first-order chi connectivity index (χ1) is 19.0. The van der Waals surface area contributed by atoms with Crippen LogP contribution in [0.2, 0.25) is 0 Å². The zero-order valence-corrected chi connectivity index (χ0v) is 23.7. The predicted octanol–water partition coefficient (Wildman–Crippen LogP) is 7.79. The number of unbranched alkanes of at least 4 members (excludes halogenated alkanes) is 2. The normalized spacial score (nSPS) is 11.2. The molecule has 2 aromatic heterocycles. The van der Waals surface area contributed by atoms with Gasteiger partial charge < -0.3 is 19.3 Å². The number of carbonyl (C=O) groups excluding carboxylic acids is 1. The summed E-state index contributed by atoms with van der Waals surface area (Å²) in [5.74, 6) is 1.56. The van der Waals surface area contributed by atoms with Crippen LogP contribution >= 0.6 is 0 Å². The molecule has 0 saturated heterocycles. The zero-order valence-electron chi connectivity index (χ0n) is 23.7. The summed E-state index contributed by atoms with van der Waals surface area (Å²) in [6.45, 7) is 12.1. The summed E-state index contributed by atoms with van der Waals surface area (Å²) in [6, 6.07) is 12.0. The molecule has 0 spiro atoms. The molecule has 0 bridgehead atoms. The topological polar surface area (TPSA) is 86.5 Å². The Morgan fingerprint density at radius 2 is 1.69 bits per heavy atom. The first kappa shape index (κ1) is 28.1. The van der Waals surface area contributed by atoms with Gasteiger partial charge >= 0.3 is 0 Å². The van der Waals surface area contributed by atoms with Crippen LogP contribution in [0.5, 0.6) is 11.5 Å². The highest BCUT2D eigenvalue weighted by atomic mass is 16.5. The molecule has 0 aliphatic rings. The summed E-state index contributed by atoms with van der Waals surface area (Å²) >= 11 is 0. The summed E-state index contributed by atoms with van der Waals surface area (Å²) in [5, 5.41) is 9.36. The molecule has 0 radical (unpaired) electrons. The Bertz CT molecular complexity index is 1410. The second kappa shape index (κ2) is 13.3. The smallest absolute Gasteiger partial charge is 0.290 e. The van der Waals surface area contributed by atoms with E-state index in [0.717, 1.165) is 58.9 Å². The van der Waals surface area contributed by atoms with Gasteiger partial charge in [0.25, 0.3) is 5.91 Å². The minimum absolute atomic E-state index is 0.175. The number of ether oxygens (including phenoxy) is 2. The standard InChI is InChI=1S/C32H39N3O4/c1-6-9-15-37-27-19-28(38-16-10-7-2)26(18-25(27)21(4)5)30-29(31(39-35-30)32(36)34-8-3)23-11-12-24-20-33-14-13-22(24)17-23/h11-14,17-21H,6-10,15-16H2,1-5H3,(H,34,36). The lowest BCUT2D eigenvalue weighted by atomic mass is 9.93. The third-order valence-corrected chi connectivity index (χ3v) is 6.66. The lowest BCUT2D eigenvalue weighted by Gasteiger charge is -2.19. The molecular formula is C32H39N3O4. The van der Waals surface area contributed by atoms with Gasteiger partial charge in [-0.3, -0.25) is 9.78 Å². The van der Waals surface area contributed by atoms with Gasteiger partial charge in [0, 0.05) is 36.0 Å². The number of carbonyl (C=O) groups is 1. The number of aromatic nitrogens is 2. The summed E-state index contributed by atoms with van der Waals surface area (Å²) in [5.41, 5.74) is 3.87. The number of benzene rings is 2. The van der Waals surface area contributed by atoms with E-state index in [2.05, 4.69) is 49.2 Å². The number of pyridine rings is 1. The minimum atomic E-state index is -0.307. The first-order valence-electron chi connectivity index (χ1n) is 14.0. The molecule has 2 heterocycles. The van der Waals surface area contributed by atoms with Crippen molar-refractivity contribution in [1.82, 2.24) is 15.5 Å². The van der Waals surface area contributed by atoms with Crippen LogP contribution in [0.15, 0.2) is 53.3 Å². The highest BCUT2D eigenvalue weighted by molar-refractivity contribution is 6.03. The van der Waals surface area contributed by atoms with Crippen molar-refractivity contribution in [3.63, 3.8) is 0 Å². The Morgan fingerprint density at radius 1 is 0.949 bits per heavy atom. The van der Waals surface area contributed by atoms with Crippen LogP contribution < -0.4 is 14.8 Å². The maximum Gasteiger partial charge on any atom is 0.290 e. The van der Waals surface area contributed by atoms with Gasteiger partial charge in [0.1, 0.15) is 17.2 Å². The number of nitrogens with one attached hydrogen (secondary N) is 1. The Morgan fingerprint density at radius 3 is 2.38 bits per heavy atom. The van der Waals surface area contributed by atoms with Crippen LogP contribution in [0.25, 0.3) is 33.2 Å². The molecular weight excluding hydrogens is 490 g/mol. The van der Waals surface area contributed by atoms with Crippen molar-refractivity contribution in [3.05, 3.63) is 60.1 Å². The van der Waals surface area contributed by atoms with Crippen LogP contribution in [0.3, 0.4) is 0 Å². The highest BCUT2D eigenvalue weighted by Crippen LogP contribution is 2.44. The van der Waals surface area contributed by atoms with E-state index in [1.165, 1.54) is 0 Å². The number of hydrogen-bond acceptors (Lipinski definition) is 6. The third kappa shape index (κ3) is 6.41. The van der Waals surface area contributed by atoms with Crippen LogP contribution in [0.4, 0.5) is 0 Å². The molecule has 0 aliphatic heterocycles. The molecule has 4 aromatic rings. The predicted molar refractivity (Wildman–Crippen MR) is 156 cm³/mol. The molecule has 2 aromatic carbocycles. The molecule has 39 heavy (non-hydrogen) atoms. The van der Waals surface area contributed by atoms with Crippen LogP contribution in [0, 0.1) is 0 Å². The van der Waals surface area contributed by atoms with Gasteiger partial charge in [-0.2, -0.15) is 0 Å².